The van der Waals surface area contributed by atoms with Crippen LogP contribution in [-0.4, -0.2) is 12.5 Å². The van der Waals surface area contributed by atoms with Crippen molar-refractivity contribution in [1.82, 2.24) is 5.32 Å². The highest BCUT2D eigenvalue weighted by Gasteiger charge is 2.03. The molecule has 1 aromatic carbocycles. The number of anilines is 1. The van der Waals surface area contributed by atoms with E-state index >= 15 is 0 Å². The summed E-state index contributed by atoms with van der Waals surface area (Å²) in [5.41, 5.74) is 3.48. The van der Waals surface area contributed by atoms with Crippen LogP contribution in [0.15, 0.2) is 41.0 Å². The maximum atomic E-state index is 11.7. The fraction of sp³-hybridized carbons (Fsp3) is 0.312. The number of benzene rings is 1. The van der Waals surface area contributed by atoms with Crippen molar-refractivity contribution in [2.45, 2.75) is 26.8 Å². The van der Waals surface area contributed by atoms with Crippen molar-refractivity contribution in [1.29, 1.82) is 0 Å². The van der Waals surface area contributed by atoms with Crippen LogP contribution in [0.5, 0.6) is 0 Å². The van der Waals surface area contributed by atoms with Gasteiger partial charge in [-0.25, -0.2) is 0 Å². The van der Waals surface area contributed by atoms with Crippen LogP contribution in [-0.2, 0) is 11.3 Å². The summed E-state index contributed by atoms with van der Waals surface area (Å²) in [6.07, 6.45) is 2.04. The highest BCUT2D eigenvalue weighted by molar-refractivity contribution is 5.76. The van der Waals surface area contributed by atoms with E-state index in [1.807, 2.05) is 12.1 Å². The van der Waals surface area contributed by atoms with Crippen LogP contribution >= 0.6 is 0 Å². The minimum Gasteiger partial charge on any atom is -0.467 e. The highest BCUT2D eigenvalue weighted by Crippen LogP contribution is 2.15. The maximum Gasteiger partial charge on any atom is 0.222 e. The van der Waals surface area contributed by atoms with Gasteiger partial charge in [0.15, 0.2) is 0 Å². The summed E-state index contributed by atoms with van der Waals surface area (Å²) in [5.74, 6) is 0.778. The Kier molecular flexibility index (Phi) is 4.82. The van der Waals surface area contributed by atoms with Gasteiger partial charge in [0.05, 0.1) is 12.8 Å². The Hall–Kier alpha value is -2.23. The average molecular weight is 272 g/mol. The Balaban J connectivity index is 1.72. The van der Waals surface area contributed by atoms with Gasteiger partial charge in [0.25, 0.3) is 0 Å². The van der Waals surface area contributed by atoms with E-state index in [9.17, 15) is 4.79 Å². The number of aryl methyl sites for hydroxylation is 2. The first-order valence-corrected chi connectivity index (χ1v) is 6.75. The van der Waals surface area contributed by atoms with Crippen molar-refractivity contribution in [2.75, 3.05) is 11.9 Å². The fourth-order valence-electron chi connectivity index (χ4n) is 1.92. The Morgan fingerprint density at radius 2 is 2.10 bits per heavy atom. The molecule has 4 nitrogen and oxygen atoms in total. The Morgan fingerprint density at radius 1 is 1.25 bits per heavy atom. The molecule has 1 aromatic heterocycles. The van der Waals surface area contributed by atoms with E-state index in [0.29, 0.717) is 19.5 Å². The SMILES string of the molecule is Cc1ccc(C)c(NCCC(=O)NCc2ccco2)c1. The number of furan rings is 1. The topological polar surface area (TPSA) is 54.3 Å². The molecule has 0 fully saturated rings. The van der Waals surface area contributed by atoms with Crippen LogP contribution in [0.2, 0.25) is 0 Å². The molecule has 0 bridgehead atoms. The second kappa shape index (κ2) is 6.80. The molecule has 2 aromatic rings. The third-order valence-corrected chi connectivity index (χ3v) is 3.10. The molecule has 106 valence electrons. The van der Waals surface area contributed by atoms with Gasteiger partial charge in [-0.2, -0.15) is 0 Å². The van der Waals surface area contributed by atoms with Crippen molar-refractivity contribution < 1.29 is 9.21 Å². The van der Waals surface area contributed by atoms with Crippen LogP contribution < -0.4 is 10.6 Å². The third-order valence-electron chi connectivity index (χ3n) is 3.10. The number of nitrogens with one attached hydrogen (secondary N) is 2. The average Bonchev–Trinajstić information content (AvgIpc) is 2.93. The summed E-state index contributed by atoms with van der Waals surface area (Å²) in [6, 6.07) is 9.90. The number of hydrogen-bond acceptors (Lipinski definition) is 3. The van der Waals surface area contributed by atoms with Crippen LogP contribution in [0.4, 0.5) is 5.69 Å². The van der Waals surface area contributed by atoms with Gasteiger partial charge in [0, 0.05) is 18.7 Å². The van der Waals surface area contributed by atoms with Crippen LogP contribution in [0, 0.1) is 13.8 Å². The van der Waals surface area contributed by atoms with Crippen LogP contribution in [0.25, 0.3) is 0 Å². The van der Waals surface area contributed by atoms with Gasteiger partial charge in [0.1, 0.15) is 5.76 Å². The molecule has 0 saturated carbocycles. The quantitative estimate of drug-likeness (QED) is 0.850. The lowest BCUT2D eigenvalue weighted by Crippen LogP contribution is -2.24. The third kappa shape index (κ3) is 4.16. The van der Waals surface area contributed by atoms with E-state index < -0.39 is 0 Å². The predicted octanol–water partition coefficient (Wildman–Crippen LogP) is 3.01. The lowest BCUT2D eigenvalue weighted by atomic mass is 10.1. The lowest BCUT2D eigenvalue weighted by molar-refractivity contribution is -0.121. The molecule has 0 spiro atoms. The van der Waals surface area contributed by atoms with Gasteiger partial charge in [-0.05, 0) is 43.2 Å². The summed E-state index contributed by atoms with van der Waals surface area (Å²) in [6.45, 7) is 5.17. The van der Waals surface area contributed by atoms with E-state index in [0.717, 1.165) is 11.4 Å². The number of carbonyl (C=O) groups excluding carboxylic acids is 1. The van der Waals surface area contributed by atoms with Gasteiger partial charge in [0.2, 0.25) is 5.91 Å². The molecule has 0 saturated heterocycles. The summed E-state index contributed by atoms with van der Waals surface area (Å²) in [5, 5.41) is 6.12. The largest absolute Gasteiger partial charge is 0.467 e. The first-order valence-electron chi connectivity index (χ1n) is 6.75. The molecule has 0 atom stereocenters. The molecule has 0 radical (unpaired) electrons. The van der Waals surface area contributed by atoms with Crippen molar-refractivity contribution in [3.63, 3.8) is 0 Å². The standard InChI is InChI=1S/C16H20N2O2/c1-12-5-6-13(2)15(10-12)17-8-7-16(19)18-11-14-4-3-9-20-14/h3-6,9-10,17H,7-8,11H2,1-2H3,(H,18,19). The smallest absolute Gasteiger partial charge is 0.222 e. The van der Waals surface area contributed by atoms with E-state index in [-0.39, 0.29) is 5.91 Å². The molecule has 0 aliphatic rings. The summed E-state index contributed by atoms with van der Waals surface area (Å²) >= 11 is 0. The molecule has 1 amide bonds. The van der Waals surface area contributed by atoms with Crippen molar-refractivity contribution in [3.8, 4) is 0 Å². The summed E-state index contributed by atoms with van der Waals surface area (Å²) in [7, 11) is 0. The van der Waals surface area contributed by atoms with Gasteiger partial charge in [-0.15, -0.1) is 0 Å². The number of hydrogen-bond donors (Lipinski definition) is 2. The van der Waals surface area contributed by atoms with Crippen molar-refractivity contribution >= 4 is 11.6 Å². The first kappa shape index (κ1) is 14.2. The molecule has 20 heavy (non-hydrogen) atoms. The Labute approximate surface area is 119 Å². The lowest BCUT2D eigenvalue weighted by Gasteiger charge is -2.10. The Bertz CT molecular complexity index is 562. The van der Waals surface area contributed by atoms with Gasteiger partial charge in [-0.3, -0.25) is 4.79 Å². The number of carbonyl (C=O) groups is 1. The molecular weight excluding hydrogens is 252 g/mol. The molecule has 4 heteroatoms. The molecule has 0 unspecified atom stereocenters. The van der Waals surface area contributed by atoms with E-state index in [4.69, 9.17) is 4.42 Å². The van der Waals surface area contributed by atoms with Crippen LogP contribution in [0.1, 0.15) is 23.3 Å². The molecule has 2 rings (SSSR count). The molecule has 0 aliphatic heterocycles. The fourth-order valence-corrected chi connectivity index (χ4v) is 1.92. The van der Waals surface area contributed by atoms with E-state index in [2.05, 4.69) is 42.7 Å². The van der Waals surface area contributed by atoms with Crippen LogP contribution in [0.3, 0.4) is 0 Å². The van der Waals surface area contributed by atoms with E-state index in [1.165, 1.54) is 11.1 Å². The maximum absolute atomic E-state index is 11.7. The number of amides is 1. The molecule has 1 heterocycles. The number of rotatable bonds is 6. The normalized spacial score (nSPS) is 10.3. The summed E-state index contributed by atoms with van der Waals surface area (Å²) in [4.78, 5) is 11.7. The second-order valence-electron chi connectivity index (χ2n) is 4.85. The highest BCUT2D eigenvalue weighted by atomic mass is 16.3. The summed E-state index contributed by atoms with van der Waals surface area (Å²) < 4.78 is 5.16. The van der Waals surface area contributed by atoms with Gasteiger partial charge in [-0.1, -0.05) is 12.1 Å². The minimum absolute atomic E-state index is 0.0132. The van der Waals surface area contributed by atoms with Crippen molar-refractivity contribution in [2.24, 2.45) is 0 Å². The second-order valence-corrected chi connectivity index (χ2v) is 4.85. The van der Waals surface area contributed by atoms with E-state index in [1.54, 1.807) is 6.26 Å². The van der Waals surface area contributed by atoms with Gasteiger partial charge < -0.3 is 15.1 Å². The minimum atomic E-state index is 0.0132. The molecule has 0 aliphatic carbocycles. The zero-order valence-electron chi connectivity index (χ0n) is 11.9. The van der Waals surface area contributed by atoms with Gasteiger partial charge >= 0.3 is 0 Å². The molecular formula is C16H20N2O2. The first-order chi connectivity index (χ1) is 9.65. The Morgan fingerprint density at radius 3 is 2.85 bits per heavy atom. The molecule has 2 N–H and O–H groups in total. The predicted molar refractivity (Wildman–Crippen MR) is 79.6 cm³/mol. The zero-order chi connectivity index (χ0) is 14.4. The zero-order valence-corrected chi connectivity index (χ0v) is 11.9. The van der Waals surface area contributed by atoms with Crippen molar-refractivity contribution in [3.05, 3.63) is 53.5 Å². The monoisotopic (exact) mass is 272 g/mol.